The molecular formula is C11H18O7. The van der Waals surface area contributed by atoms with Crippen LogP contribution in [0.15, 0.2) is 12.7 Å². The zero-order valence-electron chi connectivity index (χ0n) is 10.3. The van der Waals surface area contributed by atoms with Crippen molar-refractivity contribution in [2.75, 3.05) is 20.8 Å². The van der Waals surface area contributed by atoms with Gasteiger partial charge in [-0.1, -0.05) is 6.58 Å². The van der Waals surface area contributed by atoms with E-state index in [2.05, 4.69) is 6.58 Å². The van der Waals surface area contributed by atoms with Crippen molar-refractivity contribution in [3.8, 4) is 0 Å². The third kappa shape index (κ3) is 3.27. The molecule has 1 saturated heterocycles. The molecule has 1 heterocycles. The van der Waals surface area contributed by atoms with Crippen LogP contribution in [-0.2, 0) is 23.7 Å². The van der Waals surface area contributed by atoms with E-state index >= 15 is 0 Å². The summed E-state index contributed by atoms with van der Waals surface area (Å²) in [7, 11) is 2.77. The van der Waals surface area contributed by atoms with E-state index in [9.17, 15) is 15.0 Å². The molecule has 18 heavy (non-hydrogen) atoms. The smallest absolute Gasteiger partial charge is 0.330 e. The van der Waals surface area contributed by atoms with Crippen molar-refractivity contribution < 1.29 is 34.0 Å². The van der Waals surface area contributed by atoms with Crippen LogP contribution >= 0.6 is 0 Å². The Morgan fingerprint density at radius 2 is 2.06 bits per heavy atom. The summed E-state index contributed by atoms with van der Waals surface area (Å²) >= 11 is 0. The highest BCUT2D eigenvalue weighted by Crippen LogP contribution is 2.24. The fraction of sp³-hybridized carbons (Fsp3) is 0.727. The van der Waals surface area contributed by atoms with Gasteiger partial charge in [-0.15, -0.1) is 0 Å². The van der Waals surface area contributed by atoms with Crippen molar-refractivity contribution in [1.29, 1.82) is 0 Å². The van der Waals surface area contributed by atoms with Crippen LogP contribution < -0.4 is 0 Å². The van der Waals surface area contributed by atoms with Crippen molar-refractivity contribution in [1.82, 2.24) is 0 Å². The maximum atomic E-state index is 11.2. The standard InChI is InChI=1S/C11H18O7/c1-4-7(12)18-10-8(13)6(5-15-2)17-11(16-3)9(10)14/h4,6,8-11,13-14H,1,5H2,2-3H3/t6?,8-,9?,10+,11+/m1/s1. The van der Waals surface area contributed by atoms with Crippen molar-refractivity contribution in [3.63, 3.8) is 0 Å². The number of aliphatic hydroxyl groups is 2. The molecule has 0 amide bonds. The Labute approximate surface area is 105 Å². The first kappa shape index (κ1) is 15.1. The maximum Gasteiger partial charge on any atom is 0.330 e. The minimum absolute atomic E-state index is 0.0793. The molecule has 7 heteroatoms. The van der Waals surface area contributed by atoms with E-state index in [-0.39, 0.29) is 6.61 Å². The monoisotopic (exact) mass is 262 g/mol. The molecule has 2 unspecified atom stereocenters. The van der Waals surface area contributed by atoms with Gasteiger partial charge in [0.25, 0.3) is 0 Å². The minimum Gasteiger partial charge on any atom is -0.453 e. The first-order chi connectivity index (χ1) is 8.54. The molecule has 2 N–H and O–H groups in total. The summed E-state index contributed by atoms with van der Waals surface area (Å²) in [5.41, 5.74) is 0. The first-order valence-electron chi connectivity index (χ1n) is 5.41. The van der Waals surface area contributed by atoms with E-state index in [1.165, 1.54) is 14.2 Å². The van der Waals surface area contributed by atoms with Gasteiger partial charge in [0.05, 0.1) is 6.61 Å². The van der Waals surface area contributed by atoms with E-state index in [1.54, 1.807) is 0 Å². The number of rotatable bonds is 5. The average molecular weight is 262 g/mol. The van der Waals surface area contributed by atoms with Gasteiger partial charge < -0.3 is 29.2 Å². The summed E-state index contributed by atoms with van der Waals surface area (Å²) < 4.78 is 20.0. The molecule has 1 rings (SSSR count). The Hall–Kier alpha value is -0.990. The largest absolute Gasteiger partial charge is 0.453 e. The molecule has 0 aromatic carbocycles. The molecule has 5 atom stereocenters. The number of methoxy groups -OCH3 is 2. The lowest BCUT2D eigenvalue weighted by molar-refractivity contribution is -0.297. The summed E-state index contributed by atoms with van der Waals surface area (Å²) in [4.78, 5) is 11.2. The van der Waals surface area contributed by atoms with E-state index in [0.29, 0.717) is 0 Å². The van der Waals surface area contributed by atoms with Crippen LogP contribution in [0.1, 0.15) is 0 Å². The van der Waals surface area contributed by atoms with E-state index in [4.69, 9.17) is 18.9 Å². The molecule has 0 aromatic heterocycles. The van der Waals surface area contributed by atoms with Gasteiger partial charge in [-0.05, 0) is 0 Å². The summed E-state index contributed by atoms with van der Waals surface area (Å²) in [6, 6.07) is 0. The maximum absolute atomic E-state index is 11.2. The third-order valence-corrected chi connectivity index (χ3v) is 2.62. The highest BCUT2D eigenvalue weighted by atomic mass is 16.7. The highest BCUT2D eigenvalue weighted by Gasteiger charge is 2.46. The number of carbonyl (C=O) groups is 1. The minimum atomic E-state index is -1.29. The lowest BCUT2D eigenvalue weighted by atomic mass is 9.99. The summed E-state index contributed by atoms with van der Waals surface area (Å²) in [6.45, 7) is 3.32. The molecule has 0 aliphatic carbocycles. The molecule has 0 bridgehead atoms. The lowest BCUT2D eigenvalue weighted by Gasteiger charge is -2.41. The summed E-state index contributed by atoms with van der Waals surface area (Å²) in [5, 5.41) is 19.8. The van der Waals surface area contributed by atoms with Crippen LogP contribution in [0, 0.1) is 0 Å². The van der Waals surface area contributed by atoms with Gasteiger partial charge in [-0.2, -0.15) is 0 Å². The van der Waals surface area contributed by atoms with Gasteiger partial charge in [-0.3, -0.25) is 0 Å². The van der Waals surface area contributed by atoms with Crippen LogP contribution in [0.4, 0.5) is 0 Å². The number of carbonyl (C=O) groups excluding carboxylic acids is 1. The first-order valence-corrected chi connectivity index (χ1v) is 5.41. The van der Waals surface area contributed by atoms with Gasteiger partial charge in [-0.25, -0.2) is 4.79 Å². The molecular weight excluding hydrogens is 244 g/mol. The fourth-order valence-electron chi connectivity index (χ4n) is 1.72. The van der Waals surface area contributed by atoms with E-state index in [1.807, 2.05) is 0 Å². The van der Waals surface area contributed by atoms with E-state index in [0.717, 1.165) is 6.08 Å². The summed E-state index contributed by atoms with van der Waals surface area (Å²) in [6.07, 6.45) is -4.48. The fourth-order valence-corrected chi connectivity index (χ4v) is 1.72. The normalized spacial score (nSPS) is 36.1. The van der Waals surface area contributed by atoms with Crippen LogP contribution in [0.3, 0.4) is 0 Å². The van der Waals surface area contributed by atoms with Crippen molar-refractivity contribution in [2.45, 2.75) is 30.7 Å². The van der Waals surface area contributed by atoms with Gasteiger partial charge in [0.1, 0.15) is 18.3 Å². The Morgan fingerprint density at radius 1 is 1.39 bits per heavy atom. The molecule has 7 nitrogen and oxygen atoms in total. The van der Waals surface area contributed by atoms with Crippen molar-refractivity contribution in [2.24, 2.45) is 0 Å². The van der Waals surface area contributed by atoms with Crippen LogP contribution in [0.25, 0.3) is 0 Å². The molecule has 0 radical (unpaired) electrons. The predicted octanol–water partition coefficient (Wildman–Crippen LogP) is -1.18. The average Bonchev–Trinajstić information content (AvgIpc) is 2.37. The quantitative estimate of drug-likeness (QED) is 0.476. The van der Waals surface area contributed by atoms with Crippen molar-refractivity contribution in [3.05, 3.63) is 12.7 Å². The molecule has 0 aromatic rings. The molecule has 1 aliphatic heterocycles. The topological polar surface area (TPSA) is 94.5 Å². The molecule has 0 saturated carbocycles. The molecule has 1 fully saturated rings. The Balaban J connectivity index is 2.81. The number of hydrogen-bond acceptors (Lipinski definition) is 7. The number of aliphatic hydroxyl groups excluding tert-OH is 2. The molecule has 104 valence electrons. The number of ether oxygens (including phenoxy) is 4. The number of esters is 1. The third-order valence-electron chi connectivity index (χ3n) is 2.62. The Kier molecular flexibility index (Phi) is 5.70. The van der Waals surface area contributed by atoms with Crippen LogP contribution in [0.5, 0.6) is 0 Å². The second-order valence-electron chi connectivity index (χ2n) is 3.82. The molecule has 1 aliphatic rings. The molecule has 0 spiro atoms. The zero-order chi connectivity index (χ0) is 13.7. The summed E-state index contributed by atoms with van der Waals surface area (Å²) in [5.74, 6) is -0.744. The van der Waals surface area contributed by atoms with Gasteiger partial charge in [0.15, 0.2) is 12.4 Å². The van der Waals surface area contributed by atoms with E-state index < -0.39 is 36.7 Å². The van der Waals surface area contributed by atoms with Gasteiger partial charge >= 0.3 is 5.97 Å². The SMILES string of the molecule is C=CC(=O)O[C@@H]1C(O)[C@@H](OC)OC(COC)[C@H]1O. The zero-order valence-corrected chi connectivity index (χ0v) is 10.3. The predicted molar refractivity (Wildman–Crippen MR) is 59.6 cm³/mol. The number of hydrogen-bond donors (Lipinski definition) is 2. The Morgan fingerprint density at radius 3 is 2.56 bits per heavy atom. The van der Waals surface area contributed by atoms with Gasteiger partial charge in [0, 0.05) is 20.3 Å². The second-order valence-corrected chi connectivity index (χ2v) is 3.82. The van der Waals surface area contributed by atoms with Crippen molar-refractivity contribution >= 4 is 5.97 Å². The Bertz CT molecular complexity index is 293. The highest BCUT2D eigenvalue weighted by molar-refractivity contribution is 5.81. The lowest BCUT2D eigenvalue weighted by Crippen LogP contribution is -2.60. The van der Waals surface area contributed by atoms with Crippen LogP contribution in [0.2, 0.25) is 0 Å². The second kappa shape index (κ2) is 6.81. The van der Waals surface area contributed by atoms with Gasteiger partial charge in [0.2, 0.25) is 0 Å². The van der Waals surface area contributed by atoms with Crippen LogP contribution in [-0.4, -0.2) is 67.7 Å².